The molecule has 2 heterocycles. The first-order valence-corrected chi connectivity index (χ1v) is 5.39. The van der Waals surface area contributed by atoms with Crippen LogP contribution in [-0.2, 0) is 0 Å². The molecule has 1 aliphatic heterocycles. The first-order valence-electron chi connectivity index (χ1n) is 5.39. The maximum atomic E-state index is 5.85. The van der Waals surface area contributed by atoms with Crippen LogP contribution in [0.1, 0.15) is 25.0 Å². The first-order chi connectivity index (χ1) is 7.31. The van der Waals surface area contributed by atoms with Gasteiger partial charge in [-0.2, -0.15) is 0 Å². The molecule has 1 aromatic heterocycles. The Morgan fingerprint density at radius 1 is 1.73 bits per heavy atom. The number of hydrogen-bond donors (Lipinski definition) is 1. The summed E-state index contributed by atoms with van der Waals surface area (Å²) in [5.41, 5.74) is 5.85. The van der Waals surface area contributed by atoms with E-state index in [1.54, 1.807) is 6.26 Å². The first kappa shape index (κ1) is 10.1. The van der Waals surface area contributed by atoms with Gasteiger partial charge in [0.2, 0.25) is 0 Å². The van der Waals surface area contributed by atoms with Gasteiger partial charge in [-0.15, -0.1) is 0 Å². The molecule has 1 fully saturated rings. The quantitative estimate of drug-likeness (QED) is 0.589. The Morgan fingerprint density at radius 3 is 3.27 bits per heavy atom. The van der Waals surface area contributed by atoms with Crippen LogP contribution in [0.3, 0.4) is 0 Å². The maximum Gasteiger partial charge on any atom is 0.191 e. The van der Waals surface area contributed by atoms with E-state index < -0.39 is 0 Å². The highest BCUT2D eigenvalue weighted by molar-refractivity contribution is 5.78. The Hall–Kier alpha value is -1.45. The fourth-order valence-electron chi connectivity index (χ4n) is 1.99. The van der Waals surface area contributed by atoms with Gasteiger partial charge in [-0.1, -0.05) is 0 Å². The Bertz CT molecular complexity index is 332. The summed E-state index contributed by atoms with van der Waals surface area (Å²) in [7, 11) is 0. The van der Waals surface area contributed by atoms with Crippen molar-refractivity contribution in [2.24, 2.45) is 10.7 Å². The lowest BCUT2D eigenvalue weighted by Crippen LogP contribution is -2.35. The number of nitrogens with zero attached hydrogens (tertiary/aromatic N) is 2. The fraction of sp³-hybridized carbons (Fsp3) is 0.545. The number of guanidine groups is 1. The SMILES string of the molecule is CCN=C(N)N1CC[C@@H](c2ccco2)C1. The zero-order chi connectivity index (χ0) is 10.7. The molecule has 0 saturated carbocycles. The molecule has 0 aliphatic carbocycles. The minimum absolute atomic E-state index is 0.464. The molecule has 0 amide bonds. The van der Waals surface area contributed by atoms with Crippen molar-refractivity contribution in [3.63, 3.8) is 0 Å². The van der Waals surface area contributed by atoms with Crippen molar-refractivity contribution in [2.75, 3.05) is 19.6 Å². The van der Waals surface area contributed by atoms with E-state index in [1.165, 1.54) is 0 Å². The van der Waals surface area contributed by atoms with E-state index in [9.17, 15) is 0 Å². The van der Waals surface area contributed by atoms with E-state index in [2.05, 4.69) is 9.89 Å². The van der Waals surface area contributed by atoms with Crippen LogP contribution >= 0.6 is 0 Å². The molecule has 0 spiro atoms. The van der Waals surface area contributed by atoms with E-state index in [4.69, 9.17) is 10.2 Å². The predicted octanol–water partition coefficient (Wildman–Crippen LogP) is 1.40. The number of aliphatic imine (C=N–C) groups is 1. The molecule has 0 aromatic carbocycles. The van der Waals surface area contributed by atoms with Crippen molar-refractivity contribution >= 4 is 5.96 Å². The predicted molar refractivity (Wildman–Crippen MR) is 59.8 cm³/mol. The van der Waals surface area contributed by atoms with Gasteiger partial charge in [0.15, 0.2) is 5.96 Å². The highest BCUT2D eigenvalue weighted by Gasteiger charge is 2.26. The van der Waals surface area contributed by atoms with Gasteiger partial charge in [0.25, 0.3) is 0 Å². The van der Waals surface area contributed by atoms with E-state index in [-0.39, 0.29) is 0 Å². The van der Waals surface area contributed by atoms with Gasteiger partial charge >= 0.3 is 0 Å². The molecule has 2 N–H and O–H groups in total. The van der Waals surface area contributed by atoms with Gasteiger partial charge < -0.3 is 15.1 Å². The van der Waals surface area contributed by atoms with Crippen molar-refractivity contribution in [3.05, 3.63) is 24.2 Å². The molecule has 2 rings (SSSR count). The lowest BCUT2D eigenvalue weighted by atomic mass is 10.1. The summed E-state index contributed by atoms with van der Waals surface area (Å²) in [6.45, 7) is 4.63. The van der Waals surface area contributed by atoms with E-state index in [1.807, 2.05) is 19.1 Å². The second-order valence-electron chi connectivity index (χ2n) is 3.78. The van der Waals surface area contributed by atoms with Crippen molar-refractivity contribution in [2.45, 2.75) is 19.3 Å². The summed E-state index contributed by atoms with van der Waals surface area (Å²) < 4.78 is 5.40. The van der Waals surface area contributed by atoms with Crippen LogP contribution in [0.15, 0.2) is 27.8 Å². The summed E-state index contributed by atoms with van der Waals surface area (Å²) in [4.78, 5) is 6.33. The number of furan rings is 1. The topological polar surface area (TPSA) is 54.8 Å². The molecule has 15 heavy (non-hydrogen) atoms. The Balaban J connectivity index is 1.98. The van der Waals surface area contributed by atoms with Gasteiger partial charge in [-0.25, -0.2) is 0 Å². The molecule has 0 unspecified atom stereocenters. The third kappa shape index (κ3) is 2.14. The molecule has 1 atom stereocenters. The van der Waals surface area contributed by atoms with Crippen molar-refractivity contribution in [3.8, 4) is 0 Å². The Labute approximate surface area is 89.8 Å². The standard InChI is InChI=1S/C11H17N3O/c1-2-13-11(12)14-6-5-9(8-14)10-4-3-7-15-10/h3-4,7,9H,2,5-6,8H2,1H3,(H2,12,13)/t9-/m1/s1. The van der Waals surface area contributed by atoms with E-state index in [0.29, 0.717) is 11.9 Å². The largest absolute Gasteiger partial charge is 0.469 e. The van der Waals surface area contributed by atoms with Gasteiger partial charge in [-0.05, 0) is 25.5 Å². The van der Waals surface area contributed by atoms with Crippen LogP contribution < -0.4 is 5.73 Å². The lowest BCUT2D eigenvalue weighted by molar-refractivity contribution is 0.450. The molecule has 4 heteroatoms. The van der Waals surface area contributed by atoms with E-state index in [0.717, 1.165) is 31.8 Å². The van der Waals surface area contributed by atoms with E-state index >= 15 is 0 Å². The van der Waals surface area contributed by atoms with Gasteiger partial charge in [0, 0.05) is 25.6 Å². The average Bonchev–Trinajstić information content (AvgIpc) is 2.89. The van der Waals surface area contributed by atoms with Crippen molar-refractivity contribution in [1.29, 1.82) is 0 Å². The second kappa shape index (κ2) is 4.38. The smallest absolute Gasteiger partial charge is 0.191 e. The maximum absolute atomic E-state index is 5.85. The van der Waals surface area contributed by atoms with Crippen molar-refractivity contribution < 1.29 is 4.42 Å². The normalized spacial score (nSPS) is 22.3. The van der Waals surface area contributed by atoms with Crippen LogP contribution in [0, 0.1) is 0 Å². The molecular weight excluding hydrogens is 190 g/mol. The highest BCUT2D eigenvalue weighted by Crippen LogP contribution is 2.26. The fourth-order valence-corrected chi connectivity index (χ4v) is 1.99. The number of rotatable bonds is 2. The minimum Gasteiger partial charge on any atom is -0.469 e. The number of likely N-dealkylation sites (tertiary alicyclic amines) is 1. The minimum atomic E-state index is 0.464. The van der Waals surface area contributed by atoms with Crippen LogP contribution in [0.25, 0.3) is 0 Å². The molecule has 0 radical (unpaired) electrons. The monoisotopic (exact) mass is 207 g/mol. The summed E-state index contributed by atoms with van der Waals surface area (Å²) >= 11 is 0. The molecule has 0 bridgehead atoms. The molecule has 1 saturated heterocycles. The van der Waals surface area contributed by atoms with Crippen LogP contribution in [-0.4, -0.2) is 30.5 Å². The number of nitrogens with two attached hydrogens (primary N) is 1. The summed E-state index contributed by atoms with van der Waals surface area (Å²) in [6.07, 6.45) is 2.81. The number of hydrogen-bond acceptors (Lipinski definition) is 2. The Kier molecular flexibility index (Phi) is 2.94. The van der Waals surface area contributed by atoms with Crippen molar-refractivity contribution in [1.82, 2.24) is 4.90 Å². The summed E-state index contributed by atoms with van der Waals surface area (Å²) in [5.74, 6) is 2.18. The van der Waals surface area contributed by atoms with Gasteiger partial charge in [0.05, 0.1) is 6.26 Å². The highest BCUT2D eigenvalue weighted by atomic mass is 16.3. The molecule has 1 aromatic rings. The molecule has 82 valence electrons. The zero-order valence-electron chi connectivity index (χ0n) is 9.02. The van der Waals surface area contributed by atoms with Crippen LogP contribution in [0.5, 0.6) is 0 Å². The average molecular weight is 207 g/mol. The summed E-state index contributed by atoms with van der Waals surface area (Å²) in [6, 6.07) is 3.96. The molecule has 1 aliphatic rings. The molecular formula is C11H17N3O. The van der Waals surface area contributed by atoms with Gasteiger partial charge in [0.1, 0.15) is 5.76 Å². The third-order valence-electron chi connectivity index (χ3n) is 2.78. The molecule has 4 nitrogen and oxygen atoms in total. The lowest BCUT2D eigenvalue weighted by Gasteiger charge is -2.16. The summed E-state index contributed by atoms with van der Waals surface area (Å²) in [5, 5.41) is 0. The second-order valence-corrected chi connectivity index (χ2v) is 3.78. The van der Waals surface area contributed by atoms with Crippen LogP contribution in [0.4, 0.5) is 0 Å². The van der Waals surface area contributed by atoms with Crippen LogP contribution in [0.2, 0.25) is 0 Å². The Morgan fingerprint density at radius 2 is 2.60 bits per heavy atom. The third-order valence-corrected chi connectivity index (χ3v) is 2.78. The zero-order valence-corrected chi connectivity index (χ0v) is 9.02. The van der Waals surface area contributed by atoms with Gasteiger partial charge in [-0.3, -0.25) is 4.99 Å².